The second-order valence-electron chi connectivity index (χ2n) is 8.52. The van der Waals surface area contributed by atoms with Crippen molar-refractivity contribution in [2.45, 2.75) is 25.2 Å². The number of nitrogens with zero attached hydrogens (tertiary/aromatic N) is 4. The van der Waals surface area contributed by atoms with Crippen molar-refractivity contribution < 1.29 is 4.79 Å². The Hall–Kier alpha value is -3.07. The number of aliphatic imine (C=N–C) groups is 1. The molecule has 36 heavy (non-hydrogen) atoms. The van der Waals surface area contributed by atoms with Gasteiger partial charge in [0, 0.05) is 18.0 Å². The van der Waals surface area contributed by atoms with Crippen molar-refractivity contribution >= 4 is 67.5 Å². The first-order chi connectivity index (χ1) is 17.6. The van der Waals surface area contributed by atoms with Gasteiger partial charge in [-0.1, -0.05) is 54.2 Å². The number of aryl methyl sites for hydroxylation is 1. The Kier molecular flexibility index (Phi) is 6.33. The summed E-state index contributed by atoms with van der Waals surface area (Å²) in [7, 11) is 0. The van der Waals surface area contributed by atoms with E-state index in [9.17, 15) is 4.79 Å². The smallest absolute Gasteiger partial charge is 0.269 e. The van der Waals surface area contributed by atoms with Crippen LogP contribution in [0.15, 0.2) is 92.6 Å². The van der Waals surface area contributed by atoms with Crippen LogP contribution in [-0.4, -0.2) is 34.0 Å². The maximum absolute atomic E-state index is 13.9. The second kappa shape index (κ2) is 9.76. The number of fused-ring (bicyclic) bond motifs is 2. The van der Waals surface area contributed by atoms with Crippen molar-refractivity contribution in [3.8, 4) is 0 Å². The number of benzene rings is 3. The molecule has 4 aromatic rings. The first-order valence-corrected chi connectivity index (χ1v) is 14.3. The standard InChI is InChI=1S/C28H24N4OS3/c1-3-31-22-11-7-8-12-23(22)35-27(31)25-26(33)32(16-15-19-9-5-4-6-10-19)28(36-25)30-20-13-14-21-24(17-20)34-18(2)29-21/h4-14,17H,3,15-16H2,1-2H3. The molecule has 0 radical (unpaired) electrons. The predicted octanol–water partition coefficient (Wildman–Crippen LogP) is 7.21. The fourth-order valence-electron chi connectivity index (χ4n) is 4.43. The number of thioether (sulfide) groups is 2. The van der Waals surface area contributed by atoms with Crippen LogP contribution in [-0.2, 0) is 11.2 Å². The Labute approximate surface area is 222 Å². The maximum Gasteiger partial charge on any atom is 0.269 e. The van der Waals surface area contributed by atoms with Crippen molar-refractivity contribution in [3.05, 3.63) is 93.3 Å². The molecular formula is C28H24N4OS3. The minimum absolute atomic E-state index is 0.0261. The Morgan fingerprint density at radius 1 is 0.944 bits per heavy atom. The maximum atomic E-state index is 13.9. The second-order valence-corrected chi connectivity index (χ2v) is 11.8. The number of amides is 1. The fraction of sp³-hybridized carbons (Fsp3) is 0.179. The van der Waals surface area contributed by atoms with Crippen LogP contribution in [0.5, 0.6) is 0 Å². The van der Waals surface area contributed by atoms with E-state index in [1.54, 1.807) is 23.1 Å². The molecule has 0 aliphatic carbocycles. The minimum atomic E-state index is 0.0261. The zero-order chi connectivity index (χ0) is 24.6. The summed E-state index contributed by atoms with van der Waals surface area (Å²) in [6, 6.07) is 24.7. The highest BCUT2D eigenvalue weighted by atomic mass is 32.2. The molecule has 8 heteroatoms. The third-order valence-corrected chi connectivity index (χ3v) is 9.46. The molecule has 0 bridgehead atoms. The number of rotatable bonds is 5. The monoisotopic (exact) mass is 528 g/mol. The van der Waals surface area contributed by atoms with Gasteiger partial charge in [0.25, 0.3) is 5.91 Å². The van der Waals surface area contributed by atoms with Crippen LogP contribution in [0.4, 0.5) is 11.4 Å². The zero-order valence-electron chi connectivity index (χ0n) is 20.0. The van der Waals surface area contributed by atoms with Crippen molar-refractivity contribution in [3.63, 3.8) is 0 Å². The van der Waals surface area contributed by atoms with Gasteiger partial charge in [-0.05, 0) is 67.9 Å². The van der Waals surface area contributed by atoms with Gasteiger partial charge in [-0.25, -0.2) is 9.98 Å². The van der Waals surface area contributed by atoms with Gasteiger partial charge in [0.05, 0.1) is 26.6 Å². The lowest BCUT2D eigenvalue weighted by molar-refractivity contribution is -0.122. The first kappa shape index (κ1) is 23.3. The van der Waals surface area contributed by atoms with E-state index in [0.29, 0.717) is 6.54 Å². The number of carbonyl (C=O) groups is 1. The van der Waals surface area contributed by atoms with Crippen molar-refractivity contribution in [2.75, 3.05) is 18.0 Å². The van der Waals surface area contributed by atoms with E-state index in [1.165, 1.54) is 22.2 Å². The van der Waals surface area contributed by atoms with Gasteiger partial charge in [-0.2, -0.15) is 0 Å². The summed E-state index contributed by atoms with van der Waals surface area (Å²) in [5, 5.41) is 2.76. The number of hydrogen-bond donors (Lipinski definition) is 0. The molecular weight excluding hydrogens is 505 g/mol. The fourth-order valence-corrected chi connectivity index (χ4v) is 7.71. The van der Waals surface area contributed by atoms with Crippen LogP contribution in [0.2, 0.25) is 0 Å². The minimum Gasteiger partial charge on any atom is -0.334 e. The van der Waals surface area contributed by atoms with E-state index >= 15 is 0 Å². The Morgan fingerprint density at radius 2 is 1.75 bits per heavy atom. The van der Waals surface area contributed by atoms with Gasteiger partial charge in [0.15, 0.2) is 5.17 Å². The summed E-state index contributed by atoms with van der Waals surface area (Å²) in [5.74, 6) is 0.0261. The van der Waals surface area contributed by atoms with Gasteiger partial charge in [-0.15, -0.1) is 11.3 Å². The van der Waals surface area contributed by atoms with E-state index in [0.717, 1.165) is 54.7 Å². The van der Waals surface area contributed by atoms with Gasteiger partial charge >= 0.3 is 0 Å². The highest BCUT2D eigenvalue weighted by Gasteiger charge is 2.39. The number of anilines is 1. The van der Waals surface area contributed by atoms with E-state index in [2.05, 4.69) is 53.2 Å². The topological polar surface area (TPSA) is 48.8 Å². The molecule has 3 aromatic carbocycles. The Bertz CT molecular complexity index is 1530. The average molecular weight is 529 g/mol. The molecule has 0 spiro atoms. The molecule has 180 valence electrons. The molecule has 5 nitrogen and oxygen atoms in total. The quantitative estimate of drug-likeness (QED) is 0.256. The highest BCUT2D eigenvalue weighted by Crippen LogP contribution is 2.50. The zero-order valence-corrected chi connectivity index (χ0v) is 22.4. The number of aromatic nitrogens is 1. The van der Waals surface area contributed by atoms with Crippen LogP contribution < -0.4 is 4.90 Å². The summed E-state index contributed by atoms with van der Waals surface area (Å²) < 4.78 is 1.11. The lowest BCUT2D eigenvalue weighted by Gasteiger charge is -2.19. The lowest BCUT2D eigenvalue weighted by atomic mass is 10.1. The lowest BCUT2D eigenvalue weighted by Crippen LogP contribution is -2.32. The third-order valence-electron chi connectivity index (χ3n) is 6.15. The summed E-state index contributed by atoms with van der Waals surface area (Å²) >= 11 is 4.82. The van der Waals surface area contributed by atoms with E-state index in [-0.39, 0.29) is 5.91 Å². The molecule has 0 unspecified atom stereocenters. The summed E-state index contributed by atoms with van der Waals surface area (Å²) in [5.41, 5.74) is 4.19. The van der Waals surface area contributed by atoms with Crippen LogP contribution in [0, 0.1) is 6.92 Å². The number of thiazole rings is 1. The van der Waals surface area contributed by atoms with E-state index in [1.807, 2.05) is 48.2 Å². The van der Waals surface area contributed by atoms with Crippen molar-refractivity contribution in [1.82, 2.24) is 9.88 Å². The molecule has 6 rings (SSSR count). The molecule has 2 aliphatic heterocycles. The summed E-state index contributed by atoms with van der Waals surface area (Å²) in [4.78, 5) is 29.4. The van der Waals surface area contributed by atoms with E-state index in [4.69, 9.17) is 4.99 Å². The van der Waals surface area contributed by atoms with Crippen molar-refractivity contribution in [1.29, 1.82) is 0 Å². The number of para-hydroxylation sites is 1. The van der Waals surface area contributed by atoms with Gasteiger partial charge in [-0.3, -0.25) is 9.69 Å². The van der Waals surface area contributed by atoms with Gasteiger partial charge in [0.1, 0.15) is 9.93 Å². The van der Waals surface area contributed by atoms with Gasteiger partial charge in [0.2, 0.25) is 0 Å². The predicted molar refractivity (Wildman–Crippen MR) is 153 cm³/mol. The molecule has 0 atom stereocenters. The molecule has 0 saturated carbocycles. The normalized spacial score (nSPS) is 18.6. The highest BCUT2D eigenvalue weighted by molar-refractivity contribution is 8.19. The van der Waals surface area contributed by atoms with Crippen LogP contribution >= 0.6 is 34.9 Å². The van der Waals surface area contributed by atoms with E-state index < -0.39 is 0 Å². The first-order valence-electron chi connectivity index (χ1n) is 11.9. The Morgan fingerprint density at radius 3 is 2.58 bits per heavy atom. The van der Waals surface area contributed by atoms with Crippen LogP contribution in [0.1, 0.15) is 17.5 Å². The summed E-state index contributed by atoms with van der Waals surface area (Å²) in [6.45, 7) is 5.52. The molecule has 1 fully saturated rings. The summed E-state index contributed by atoms with van der Waals surface area (Å²) in [6.07, 6.45) is 0.771. The Balaban J connectivity index is 1.39. The van der Waals surface area contributed by atoms with Crippen molar-refractivity contribution in [2.24, 2.45) is 4.99 Å². The molecule has 2 aliphatic rings. The number of amidine groups is 1. The largest absolute Gasteiger partial charge is 0.334 e. The molecule has 1 aromatic heterocycles. The number of carbonyl (C=O) groups excluding carboxylic acids is 1. The third kappa shape index (κ3) is 4.34. The molecule has 0 N–H and O–H groups in total. The molecule has 3 heterocycles. The van der Waals surface area contributed by atoms with Crippen LogP contribution in [0.3, 0.4) is 0 Å². The SMILES string of the molecule is CCN1C(=C2SC(=Nc3ccc4nc(C)sc4c3)N(CCc3ccccc3)C2=O)Sc2ccccc21. The average Bonchev–Trinajstić information content (AvgIpc) is 3.55. The van der Waals surface area contributed by atoms with Gasteiger partial charge < -0.3 is 4.90 Å². The van der Waals surface area contributed by atoms with Crippen LogP contribution in [0.25, 0.3) is 10.2 Å². The molecule has 1 saturated heterocycles. The molecule has 1 amide bonds. The number of hydrogen-bond acceptors (Lipinski definition) is 7.